The molecule has 3 amide bonds. The van der Waals surface area contributed by atoms with E-state index in [0.29, 0.717) is 24.5 Å². The van der Waals surface area contributed by atoms with Crippen LogP contribution in [0.15, 0.2) is 36.5 Å². The van der Waals surface area contributed by atoms with Gasteiger partial charge in [-0.15, -0.1) is 0 Å². The normalized spacial score (nSPS) is 17.2. The summed E-state index contributed by atoms with van der Waals surface area (Å²) in [6, 6.07) is 6.60. The summed E-state index contributed by atoms with van der Waals surface area (Å²) in [5, 5.41) is 14.6. The standard InChI is InChI=1S/C21H25FN4O4/c1-13(27)20-6-5-16(11-23-20)24-21(29)25-17-8-15(22)9-19(10-17)30-18-4-3-7-26(12-18)14(2)28/h5-6,8-11,13,18,27H,3-4,7,12H2,1-2H3,(H2,24,25,29). The first-order valence-electron chi connectivity index (χ1n) is 9.75. The first-order chi connectivity index (χ1) is 14.3. The van der Waals surface area contributed by atoms with Crippen molar-refractivity contribution in [3.63, 3.8) is 0 Å². The predicted molar refractivity (Wildman–Crippen MR) is 110 cm³/mol. The molecule has 0 saturated carbocycles. The highest BCUT2D eigenvalue weighted by molar-refractivity contribution is 5.99. The van der Waals surface area contributed by atoms with Crippen molar-refractivity contribution >= 4 is 23.3 Å². The number of ether oxygens (including phenoxy) is 1. The Morgan fingerprint density at radius 2 is 2.03 bits per heavy atom. The molecule has 3 rings (SSSR count). The fourth-order valence-electron chi connectivity index (χ4n) is 3.24. The van der Waals surface area contributed by atoms with Crippen LogP contribution in [-0.2, 0) is 4.79 Å². The van der Waals surface area contributed by atoms with E-state index in [1.807, 2.05) is 0 Å². The summed E-state index contributed by atoms with van der Waals surface area (Å²) in [5.74, 6) is -0.286. The number of aromatic nitrogens is 1. The Labute approximate surface area is 174 Å². The smallest absolute Gasteiger partial charge is 0.323 e. The van der Waals surface area contributed by atoms with E-state index in [1.54, 1.807) is 24.0 Å². The Balaban J connectivity index is 1.61. The van der Waals surface area contributed by atoms with Crippen molar-refractivity contribution in [2.24, 2.45) is 0 Å². The Kier molecular flexibility index (Phi) is 6.83. The number of piperidine rings is 1. The summed E-state index contributed by atoms with van der Waals surface area (Å²) < 4.78 is 19.9. The molecule has 1 saturated heterocycles. The van der Waals surface area contributed by atoms with Gasteiger partial charge in [0.25, 0.3) is 0 Å². The summed E-state index contributed by atoms with van der Waals surface area (Å²) in [6.07, 6.45) is 2.06. The number of urea groups is 1. The topological polar surface area (TPSA) is 104 Å². The summed E-state index contributed by atoms with van der Waals surface area (Å²) in [4.78, 5) is 29.5. The van der Waals surface area contributed by atoms with Gasteiger partial charge in [0.15, 0.2) is 0 Å². The molecule has 2 atom stereocenters. The van der Waals surface area contributed by atoms with Crippen molar-refractivity contribution in [1.29, 1.82) is 0 Å². The molecule has 30 heavy (non-hydrogen) atoms. The highest BCUT2D eigenvalue weighted by Gasteiger charge is 2.23. The fraction of sp³-hybridized carbons (Fsp3) is 0.381. The summed E-state index contributed by atoms with van der Waals surface area (Å²) >= 11 is 0. The van der Waals surface area contributed by atoms with E-state index in [2.05, 4.69) is 15.6 Å². The maximum Gasteiger partial charge on any atom is 0.323 e. The van der Waals surface area contributed by atoms with Crippen LogP contribution in [0.1, 0.15) is 38.5 Å². The number of likely N-dealkylation sites (tertiary alicyclic amines) is 1. The van der Waals surface area contributed by atoms with Gasteiger partial charge in [-0.2, -0.15) is 0 Å². The molecule has 8 nitrogen and oxygen atoms in total. The van der Waals surface area contributed by atoms with Crippen LogP contribution in [0.4, 0.5) is 20.6 Å². The molecule has 1 aromatic heterocycles. The number of aliphatic hydroxyl groups is 1. The number of benzene rings is 1. The highest BCUT2D eigenvalue weighted by Crippen LogP contribution is 2.24. The zero-order chi connectivity index (χ0) is 21.7. The van der Waals surface area contributed by atoms with E-state index in [1.165, 1.54) is 31.3 Å². The zero-order valence-electron chi connectivity index (χ0n) is 16.9. The maximum atomic E-state index is 14.0. The van der Waals surface area contributed by atoms with Crippen molar-refractivity contribution in [3.8, 4) is 5.75 Å². The Morgan fingerprint density at radius 1 is 1.27 bits per heavy atom. The van der Waals surface area contributed by atoms with Gasteiger partial charge >= 0.3 is 6.03 Å². The Hall–Kier alpha value is -3.20. The van der Waals surface area contributed by atoms with E-state index in [9.17, 15) is 19.1 Å². The number of hydrogen-bond acceptors (Lipinski definition) is 5. The maximum absolute atomic E-state index is 14.0. The number of aliphatic hydroxyl groups excluding tert-OH is 1. The minimum Gasteiger partial charge on any atom is -0.488 e. The van der Waals surface area contributed by atoms with E-state index in [4.69, 9.17) is 4.74 Å². The number of carbonyl (C=O) groups excluding carboxylic acids is 2. The molecule has 0 aliphatic carbocycles. The molecule has 0 bridgehead atoms. The molecule has 3 N–H and O–H groups in total. The minimum absolute atomic E-state index is 0.0162. The van der Waals surface area contributed by atoms with Crippen LogP contribution in [0.3, 0.4) is 0 Å². The lowest BCUT2D eigenvalue weighted by Gasteiger charge is -2.32. The van der Waals surface area contributed by atoms with Crippen molar-refractivity contribution < 1.29 is 23.8 Å². The zero-order valence-corrected chi connectivity index (χ0v) is 16.9. The molecule has 2 unspecified atom stereocenters. The van der Waals surface area contributed by atoms with Crippen LogP contribution < -0.4 is 15.4 Å². The molecule has 1 aliphatic heterocycles. The molecule has 2 aromatic rings. The number of rotatable bonds is 5. The molecule has 9 heteroatoms. The second-order valence-corrected chi connectivity index (χ2v) is 7.25. The van der Waals surface area contributed by atoms with E-state index < -0.39 is 18.0 Å². The fourth-order valence-corrected chi connectivity index (χ4v) is 3.24. The van der Waals surface area contributed by atoms with Crippen LogP contribution in [0.5, 0.6) is 5.75 Å². The van der Waals surface area contributed by atoms with Crippen LogP contribution in [0.2, 0.25) is 0 Å². The van der Waals surface area contributed by atoms with E-state index >= 15 is 0 Å². The first kappa shape index (κ1) is 21.5. The van der Waals surface area contributed by atoms with Gasteiger partial charge < -0.3 is 25.4 Å². The van der Waals surface area contributed by atoms with Crippen LogP contribution >= 0.6 is 0 Å². The lowest BCUT2D eigenvalue weighted by Crippen LogP contribution is -2.43. The van der Waals surface area contributed by atoms with Crippen molar-refractivity contribution in [1.82, 2.24) is 9.88 Å². The van der Waals surface area contributed by atoms with Gasteiger partial charge in [0.2, 0.25) is 5.91 Å². The SMILES string of the molecule is CC(=O)N1CCCC(Oc2cc(F)cc(NC(=O)Nc3ccc(C(C)O)nc3)c2)C1. The largest absolute Gasteiger partial charge is 0.488 e. The Bertz CT molecular complexity index is 904. The van der Waals surface area contributed by atoms with Crippen molar-refractivity contribution in [2.75, 3.05) is 23.7 Å². The number of carbonyl (C=O) groups is 2. The monoisotopic (exact) mass is 416 g/mol. The summed E-state index contributed by atoms with van der Waals surface area (Å²) in [5.41, 5.74) is 1.14. The van der Waals surface area contributed by atoms with Gasteiger partial charge in [-0.1, -0.05) is 0 Å². The quantitative estimate of drug-likeness (QED) is 0.694. The molecule has 1 aromatic carbocycles. The lowest BCUT2D eigenvalue weighted by atomic mass is 10.1. The predicted octanol–water partition coefficient (Wildman–Crippen LogP) is 3.31. The number of hydrogen-bond donors (Lipinski definition) is 3. The van der Waals surface area contributed by atoms with Gasteiger partial charge in [0, 0.05) is 31.3 Å². The molecule has 1 fully saturated rings. The first-order valence-corrected chi connectivity index (χ1v) is 9.75. The van der Waals surface area contributed by atoms with E-state index in [-0.39, 0.29) is 23.4 Å². The van der Waals surface area contributed by atoms with Gasteiger partial charge in [0.05, 0.1) is 30.2 Å². The number of anilines is 2. The molecule has 0 radical (unpaired) electrons. The van der Waals surface area contributed by atoms with Crippen LogP contribution in [-0.4, -0.2) is 46.1 Å². The third-order valence-electron chi connectivity index (χ3n) is 4.73. The van der Waals surface area contributed by atoms with Gasteiger partial charge in [-0.25, -0.2) is 9.18 Å². The molecule has 160 valence electrons. The molecule has 0 spiro atoms. The van der Waals surface area contributed by atoms with Gasteiger partial charge in [-0.05, 0) is 38.0 Å². The number of pyridine rings is 1. The third-order valence-corrected chi connectivity index (χ3v) is 4.73. The number of amides is 3. The highest BCUT2D eigenvalue weighted by atomic mass is 19.1. The second kappa shape index (κ2) is 9.53. The average molecular weight is 416 g/mol. The van der Waals surface area contributed by atoms with Gasteiger partial charge in [-0.3, -0.25) is 9.78 Å². The van der Waals surface area contributed by atoms with Gasteiger partial charge in [0.1, 0.15) is 17.7 Å². The minimum atomic E-state index is -0.703. The molecular formula is C21H25FN4O4. The molecule has 1 aliphatic rings. The second-order valence-electron chi connectivity index (χ2n) is 7.25. The molecule has 2 heterocycles. The van der Waals surface area contributed by atoms with Crippen molar-refractivity contribution in [3.05, 3.63) is 48.0 Å². The number of halogens is 1. The van der Waals surface area contributed by atoms with Crippen molar-refractivity contribution in [2.45, 2.75) is 38.9 Å². The van der Waals surface area contributed by atoms with E-state index in [0.717, 1.165) is 12.8 Å². The third kappa shape index (κ3) is 5.90. The summed E-state index contributed by atoms with van der Waals surface area (Å²) in [6.45, 7) is 4.25. The summed E-state index contributed by atoms with van der Waals surface area (Å²) in [7, 11) is 0. The van der Waals surface area contributed by atoms with Crippen LogP contribution in [0, 0.1) is 5.82 Å². The average Bonchev–Trinajstić information content (AvgIpc) is 2.68. The Morgan fingerprint density at radius 3 is 2.70 bits per heavy atom. The van der Waals surface area contributed by atoms with Crippen LogP contribution in [0.25, 0.3) is 0 Å². The number of nitrogens with one attached hydrogen (secondary N) is 2. The lowest BCUT2D eigenvalue weighted by molar-refractivity contribution is -0.131. The number of nitrogens with zero attached hydrogens (tertiary/aromatic N) is 2. The molecular weight excluding hydrogens is 391 g/mol.